The van der Waals surface area contributed by atoms with E-state index in [1.54, 1.807) is 5.57 Å². The fourth-order valence-electron chi connectivity index (χ4n) is 12.1. The lowest BCUT2D eigenvalue weighted by Crippen LogP contribution is -2.73. The summed E-state index contributed by atoms with van der Waals surface area (Å²) in [6, 6.07) is 2.47. The Bertz CT molecular complexity index is 1150. The number of hydrazine groups is 2. The predicted octanol–water partition coefficient (Wildman–Crippen LogP) is 4.45. The Balaban J connectivity index is 1.28. The van der Waals surface area contributed by atoms with Gasteiger partial charge in [-0.2, -0.15) is 0 Å². The quantitative estimate of drug-likeness (QED) is 0.204. The van der Waals surface area contributed by atoms with Gasteiger partial charge in [0.05, 0.1) is 23.5 Å². The summed E-state index contributed by atoms with van der Waals surface area (Å²) < 4.78 is 12.0. The van der Waals surface area contributed by atoms with Crippen LogP contribution in [0.3, 0.4) is 0 Å². The molecule has 0 aromatic heterocycles. The average molecular weight is 706 g/mol. The van der Waals surface area contributed by atoms with Crippen molar-refractivity contribution >= 4 is 23.5 Å². The molecule has 0 spiro atoms. The Morgan fingerprint density at radius 3 is 2.44 bits per heavy atom. The van der Waals surface area contributed by atoms with E-state index in [1.165, 1.54) is 76.5 Å². The monoisotopic (exact) mass is 705 g/mol. The van der Waals surface area contributed by atoms with Crippen molar-refractivity contribution in [3.05, 3.63) is 11.4 Å². The van der Waals surface area contributed by atoms with Crippen molar-refractivity contribution in [2.75, 3.05) is 20.8 Å². The fourth-order valence-corrected chi connectivity index (χ4v) is 14.2. The highest BCUT2D eigenvalue weighted by Gasteiger charge is 2.59. The maximum absolute atomic E-state index is 10.2. The summed E-state index contributed by atoms with van der Waals surface area (Å²) >= 11 is 3.74. The number of methoxy groups -OCH3 is 2. The number of aliphatic hydroxyl groups is 1. The number of hydrogen-bond acceptors (Lipinski definition) is 12. The van der Waals surface area contributed by atoms with Gasteiger partial charge in [0.25, 0.3) is 0 Å². The molecule has 4 aliphatic heterocycles. The molecule has 272 valence electrons. The molecule has 0 aromatic rings. The molecule has 4 saturated carbocycles. The first-order valence-corrected chi connectivity index (χ1v) is 21.5. The molecule has 8 rings (SSSR count). The topological polar surface area (TPSA) is 105 Å². The van der Waals surface area contributed by atoms with Gasteiger partial charge in [-0.15, -0.1) is 0 Å². The highest BCUT2D eigenvalue weighted by Crippen LogP contribution is 2.56. The number of nitrogens with one attached hydrogen (secondary N) is 5. The van der Waals surface area contributed by atoms with Gasteiger partial charge in [0.2, 0.25) is 0 Å². The zero-order valence-electron chi connectivity index (χ0n) is 29.7. The van der Waals surface area contributed by atoms with Crippen LogP contribution in [0.5, 0.6) is 0 Å². The second kappa shape index (κ2) is 15.0. The van der Waals surface area contributed by atoms with Crippen LogP contribution >= 0.6 is 23.5 Å². The number of piperazine rings is 1. The molecular formula is C36H63N7O3S2. The van der Waals surface area contributed by atoms with Crippen LogP contribution < -0.4 is 27.0 Å². The van der Waals surface area contributed by atoms with Crippen molar-refractivity contribution in [3.63, 3.8) is 0 Å². The molecule has 0 amide bonds. The number of aliphatic hydroxyl groups excluding tert-OH is 1. The van der Waals surface area contributed by atoms with E-state index in [1.807, 2.05) is 37.7 Å². The molecule has 0 aromatic carbocycles. The van der Waals surface area contributed by atoms with Gasteiger partial charge < -0.3 is 29.7 Å². The SMILES string of the molecule is CCCC1CC2C(NC3CCCCC3N2C2=C(C3NNC(OC)S3)C3CC(OC)CCC3N2C2NNC(CO)S2)C2CCCC(CC)C12. The first kappa shape index (κ1) is 34.8. The third-order valence-corrected chi connectivity index (χ3v) is 16.3. The highest BCUT2D eigenvalue weighted by atomic mass is 32.2. The van der Waals surface area contributed by atoms with Crippen LogP contribution in [0.15, 0.2) is 11.4 Å². The molecule has 10 nitrogen and oxygen atoms in total. The van der Waals surface area contributed by atoms with Crippen LogP contribution in [0.4, 0.5) is 0 Å². The molecular weight excluding hydrogens is 643 g/mol. The zero-order chi connectivity index (χ0) is 32.9. The van der Waals surface area contributed by atoms with E-state index in [2.05, 4.69) is 50.7 Å². The number of rotatable bonds is 9. The summed E-state index contributed by atoms with van der Waals surface area (Å²) in [5.74, 6) is 5.20. The molecule has 3 saturated heterocycles. The van der Waals surface area contributed by atoms with E-state index in [0.717, 1.165) is 42.9 Å². The first-order valence-electron chi connectivity index (χ1n) is 19.6. The van der Waals surface area contributed by atoms with Crippen molar-refractivity contribution in [1.29, 1.82) is 0 Å². The normalized spacial score (nSPS) is 47.6. The molecule has 6 N–H and O–H groups in total. The fraction of sp³-hybridized carbons (Fsp3) is 0.944. The lowest BCUT2D eigenvalue weighted by molar-refractivity contribution is -0.0861. The van der Waals surface area contributed by atoms with Crippen LogP contribution in [0.1, 0.15) is 104 Å². The van der Waals surface area contributed by atoms with Crippen molar-refractivity contribution in [3.8, 4) is 0 Å². The summed E-state index contributed by atoms with van der Waals surface area (Å²) in [6.45, 7) is 5.01. The van der Waals surface area contributed by atoms with Gasteiger partial charge in [-0.05, 0) is 68.6 Å². The molecule has 4 heterocycles. The third-order valence-electron chi connectivity index (χ3n) is 13.9. The Hall–Kier alpha value is -0.280. The Labute approximate surface area is 297 Å². The van der Waals surface area contributed by atoms with Crippen LogP contribution in [-0.4, -0.2) is 93.9 Å². The number of nitrogens with zero attached hydrogens (tertiary/aromatic N) is 2. The minimum Gasteiger partial charge on any atom is -0.394 e. The van der Waals surface area contributed by atoms with Gasteiger partial charge >= 0.3 is 0 Å². The molecule has 8 aliphatic rings. The van der Waals surface area contributed by atoms with E-state index < -0.39 is 0 Å². The molecule has 7 fully saturated rings. The lowest BCUT2D eigenvalue weighted by Gasteiger charge is -2.63. The molecule has 4 aliphatic carbocycles. The maximum Gasteiger partial charge on any atom is 0.169 e. The Morgan fingerprint density at radius 2 is 1.69 bits per heavy atom. The predicted molar refractivity (Wildman–Crippen MR) is 194 cm³/mol. The van der Waals surface area contributed by atoms with Crippen molar-refractivity contribution in [2.45, 2.75) is 162 Å². The highest BCUT2D eigenvalue weighted by molar-refractivity contribution is 8.00. The Morgan fingerprint density at radius 1 is 0.812 bits per heavy atom. The zero-order valence-corrected chi connectivity index (χ0v) is 31.4. The minimum atomic E-state index is -0.0757. The van der Waals surface area contributed by atoms with Crippen molar-refractivity contribution < 1.29 is 14.6 Å². The van der Waals surface area contributed by atoms with Crippen LogP contribution in [0, 0.1) is 29.6 Å². The summed E-state index contributed by atoms with van der Waals surface area (Å²) in [4.78, 5) is 5.91. The number of ether oxygens (including phenoxy) is 2. The summed E-state index contributed by atoms with van der Waals surface area (Å²) in [7, 11) is 3.72. The lowest BCUT2D eigenvalue weighted by atomic mass is 9.55. The minimum absolute atomic E-state index is 0.0108. The van der Waals surface area contributed by atoms with Crippen LogP contribution in [0.2, 0.25) is 0 Å². The van der Waals surface area contributed by atoms with Gasteiger partial charge in [-0.1, -0.05) is 82.3 Å². The van der Waals surface area contributed by atoms with Gasteiger partial charge in [-0.3, -0.25) is 0 Å². The summed E-state index contributed by atoms with van der Waals surface area (Å²) in [5, 5.41) is 14.8. The smallest absolute Gasteiger partial charge is 0.169 e. The standard InChI is InChI=1S/C36H63N7O3S2/c1-5-10-21-17-28-32(23-12-9-11-20(6-2)30(21)23)37-25-13-7-8-14-27(25)42(28)34-31(33-39-41-36(46-4)48-33)24-18-22(45-3)15-16-26(24)43(34)35-40-38-29(19-44)47-35/h20-30,32-33,35-41,44H,5-19H2,1-4H3. The maximum atomic E-state index is 10.2. The second-order valence-corrected chi connectivity index (χ2v) is 18.6. The van der Waals surface area contributed by atoms with Gasteiger partial charge in [0.15, 0.2) is 5.56 Å². The van der Waals surface area contributed by atoms with E-state index in [9.17, 15) is 5.11 Å². The molecule has 48 heavy (non-hydrogen) atoms. The average Bonchev–Trinajstić information content (AvgIpc) is 3.87. The van der Waals surface area contributed by atoms with Gasteiger partial charge in [-0.25, -0.2) is 21.7 Å². The third kappa shape index (κ3) is 6.07. The molecule has 15 atom stereocenters. The van der Waals surface area contributed by atoms with Gasteiger partial charge in [0, 0.05) is 55.9 Å². The second-order valence-electron chi connectivity index (χ2n) is 16.1. The molecule has 15 unspecified atom stereocenters. The van der Waals surface area contributed by atoms with Crippen molar-refractivity contribution in [2.24, 2.45) is 29.6 Å². The van der Waals surface area contributed by atoms with E-state index >= 15 is 0 Å². The Kier molecular flexibility index (Phi) is 10.9. The molecule has 12 heteroatoms. The number of thioether (sulfide) groups is 2. The van der Waals surface area contributed by atoms with Crippen LogP contribution in [-0.2, 0) is 9.47 Å². The van der Waals surface area contributed by atoms with Crippen LogP contribution in [0.25, 0.3) is 0 Å². The van der Waals surface area contributed by atoms with E-state index in [-0.39, 0.29) is 34.5 Å². The molecule has 0 bridgehead atoms. The summed E-state index contributed by atoms with van der Waals surface area (Å²) in [6.07, 6.45) is 18.2. The number of hydrogen-bond donors (Lipinski definition) is 6. The van der Waals surface area contributed by atoms with Crippen molar-refractivity contribution in [1.82, 2.24) is 36.8 Å². The van der Waals surface area contributed by atoms with E-state index in [0.29, 0.717) is 36.1 Å². The molecule has 0 radical (unpaired) electrons. The van der Waals surface area contributed by atoms with Gasteiger partial charge in [0.1, 0.15) is 11.3 Å². The largest absolute Gasteiger partial charge is 0.394 e. The van der Waals surface area contributed by atoms with E-state index in [4.69, 9.17) is 9.47 Å². The number of fused-ring (bicyclic) bond motifs is 5. The summed E-state index contributed by atoms with van der Waals surface area (Å²) in [5.41, 5.74) is 15.9. The first-order chi connectivity index (χ1) is 23.6.